The summed E-state index contributed by atoms with van der Waals surface area (Å²) in [5, 5.41) is 3.46. The number of unbranched alkanes of at least 4 members (excludes halogenated alkanes) is 1. The molecule has 6 heteroatoms. The molecule has 160 valence electrons. The fourth-order valence-electron chi connectivity index (χ4n) is 4.09. The van der Waals surface area contributed by atoms with Crippen LogP contribution in [0.1, 0.15) is 65.2 Å². The normalized spacial score (nSPS) is 22.3. The van der Waals surface area contributed by atoms with Crippen molar-refractivity contribution in [2.75, 3.05) is 53.0 Å². The van der Waals surface area contributed by atoms with Crippen LogP contribution < -0.4 is 5.32 Å². The SMILES string of the molecule is CCNC(=NCCCCN1CCCCC1C)N(C)CCC1CCOCC1.I. The number of nitrogens with one attached hydrogen (secondary N) is 1. The Morgan fingerprint density at radius 2 is 1.96 bits per heavy atom. The third-order valence-corrected chi connectivity index (χ3v) is 5.97. The molecule has 0 aromatic rings. The van der Waals surface area contributed by atoms with Crippen LogP contribution in [0, 0.1) is 5.92 Å². The first-order chi connectivity index (χ1) is 12.7. The summed E-state index contributed by atoms with van der Waals surface area (Å²) in [6, 6.07) is 0.779. The van der Waals surface area contributed by atoms with Gasteiger partial charge in [0.25, 0.3) is 0 Å². The van der Waals surface area contributed by atoms with E-state index >= 15 is 0 Å². The molecule has 2 fully saturated rings. The number of piperidine rings is 1. The number of guanidine groups is 1. The molecule has 2 rings (SSSR count). The number of hydrogen-bond donors (Lipinski definition) is 1. The van der Waals surface area contributed by atoms with Gasteiger partial charge in [0, 0.05) is 45.9 Å². The molecule has 0 saturated carbocycles. The van der Waals surface area contributed by atoms with Gasteiger partial charge >= 0.3 is 0 Å². The van der Waals surface area contributed by atoms with E-state index in [1.807, 2.05) is 0 Å². The highest BCUT2D eigenvalue weighted by Gasteiger charge is 2.17. The Kier molecular flexibility index (Phi) is 13.7. The van der Waals surface area contributed by atoms with Gasteiger partial charge in [-0.15, -0.1) is 24.0 Å². The second-order valence-corrected chi connectivity index (χ2v) is 8.09. The Balaban J connectivity index is 0.00000364. The van der Waals surface area contributed by atoms with Gasteiger partial charge in [-0.25, -0.2) is 0 Å². The largest absolute Gasteiger partial charge is 0.381 e. The fourth-order valence-corrected chi connectivity index (χ4v) is 4.09. The van der Waals surface area contributed by atoms with E-state index < -0.39 is 0 Å². The summed E-state index contributed by atoms with van der Waals surface area (Å²) in [4.78, 5) is 9.84. The smallest absolute Gasteiger partial charge is 0.193 e. The third kappa shape index (κ3) is 9.79. The molecule has 2 heterocycles. The van der Waals surface area contributed by atoms with Crippen molar-refractivity contribution in [3.63, 3.8) is 0 Å². The number of ether oxygens (including phenoxy) is 1. The Morgan fingerprint density at radius 3 is 2.67 bits per heavy atom. The summed E-state index contributed by atoms with van der Waals surface area (Å²) in [6.07, 6.45) is 10.3. The minimum absolute atomic E-state index is 0. The van der Waals surface area contributed by atoms with Gasteiger partial charge in [-0.05, 0) is 77.8 Å². The first-order valence-electron chi connectivity index (χ1n) is 11.0. The van der Waals surface area contributed by atoms with Crippen LogP contribution >= 0.6 is 24.0 Å². The average Bonchev–Trinajstić information content (AvgIpc) is 2.67. The van der Waals surface area contributed by atoms with E-state index in [-0.39, 0.29) is 24.0 Å². The number of likely N-dealkylation sites (tertiary alicyclic amines) is 1. The molecule has 1 N–H and O–H groups in total. The number of hydrogen-bond acceptors (Lipinski definition) is 3. The van der Waals surface area contributed by atoms with Crippen LogP contribution in [-0.2, 0) is 4.74 Å². The van der Waals surface area contributed by atoms with Crippen LogP contribution in [0.15, 0.2) is 4.99 Å². The number of nitrogens with zero attached hydrogens (tertiary/aromatic N) is 3. The van der Waals surface area contributed by atoms with Crippen LogP contribution in [0.2, 0.25) is 0 Å². The van der Waals surface area contributed by atoms with E-state index in [0.29, 0.717) is 0 Å². The van der Waals surface area contributed by atoms with Gasteiger partial charge in [-0.3, -0.25) is 4.99 Å². The lowest BCUT2D eigenvalue weighted by molar-refractivity contribution is 0.0625. The first kappa shape index (κ1) is 25.0. The van der Waals surface area contributed by atoms with Crippen LogP contribution in [0.5, 0.6) is 0 Å². The Hall–Kier alpha value is -0.0800. The molecular formula is C21H43IN4O. The molecule has 0 aromatic carbocycles. The summed E-state index contributed by atoms with van der Waals surface area (Å²) in [5.41, 5.74) is 0. The highest BCUT2D eigenvalue weighted by atomic mass is 127. The van der Waals surface area contributed by atoms with E-state index in [9.17, 15) is 0 Å². The Bertz CT molecular complexity index is 402. The average molecular weight is 495 g/mol. The summed E-state index contributed by atoms with van der Waals surface area (Å²) in [7, 11) is 2.18. The van der Waals surface area contributed by atoms with E-state index in [0.717, 1.165) is 50.8 Å². The van der Waals surface area contributed by atoms with E-state index in [1.165, 1.54) is 64.5 Å². The molecule has 27 heavy (non-hydrogen) atoms. The van der Waals surface area contributed by atoms with Gasteiger partial charge in [0.15, 0.2) is 5.96 Å². The second kappa shape index (κ2) is 14.9. The van der Waals surface area contributed by atoms with Gasteiger partial charge in [-0.2, -0.15) is 0 Å². The predicted octanol–water partition coefficient (Wildman–Crippen LogP) is 3.97. The van der Waals surface area contributed by atoms with E-state index in [2.05, 4.69) is 36.0 Å². The van der Waals surface area contributed by atoms with Crippen LogP contribution in [0.4, 0.5) is 0 Å². The molecule has 2 aliphatic rings. The van der Waals surface area contributed by atoms with Crippen molar-refractivity contribution in [3.05, 3.63) is 0 Å². The predicted molar refractivity (Wildman–Crippen MR) is 126 cm³/mol. The van der Waals surface area contributed by atoms with Crippen molar-refractivity contribution in [2.45, 2.75) is 71.3 Å². The zero-order valence-electron chi connectivity index (χ0n) is 17.9. The summed E-state index contributed by atoms with van der Waals surface area (Å²) >= 11 is 0. The van der Waals surface area contributed by atoms with E-state index in [1.54, 1.807) is 0 Å². The second-order valence-electron chi connectivity index (χ2n) is 8.09. The maximum absolute atomic E-state index is 5.47. The first-order valence-corrected chi connectivity index (χ1v) is 11.0. The lowest BCUT2D eigenvalue weighted by atomic mass is 9.96. The highest BCUT2D eigenvalue weighted by molar-refractivity contribution is 14.0. The number of aliphatic imine (C=N–C) groups is 1. The molecule has 0 amide bonds. The van der Waals surface area contributed by atoms with E-state index in [4.69, 9.17) is 9.73 Å². The van der Waals surface area contributed by atoms with Crippen molar-refractivity contribution in [2.24, 2.45) is 10.9 Å². The lowest BCUT2D eigenvalue weighted by Gasteiger charge is -2.33. The molecule has 2 aliphatic heterocycles. The van der Waals surface area contributed by atoms with Crippen molar-refractivity contribution in [3.8, 4) is 0 Å². The Labute approximate surface area is 184 Å². The van der Waals surface area contributed by atoms with Crippen LogP contribution in [0.25, 0.3) is 0 Å². The number of halogens is 1. The standard InChI is InChI=1S/C21H42N4O.HI/c1-4-22-21(24(3)16-10-20-11-17-26-18-12-20)23-13-6-8-15-25-14-7-5-9-19(25)2;/h19-20H,4-18H2,1-3H3,(H,22,23);1H. The van der Waals surface area contributed by atoms with Crippen LogP contribution in [-0.4, -0.2) is 74.8 Å². The van der Waals surface area contributed by atoms with Gasteiger partial charge < -0.3 is 19.9 Å². The van der Waals surface area contributed by atoms with Gasteiger partial charge in [0.2, 0.25) is 0 Å². The molecule has 5 nitrogen and oxygen atoms in total. The minimum Gasteiger partial charge on any atom is -0.381 e. The summed E-state index contributed by atoms with van der Waals surface area (Å²) in [5.74, 6) is 1.89. The zero-order valence-corrected chi connectivity index (χ0v) is 20.2. The van der Waals surface area contributed by atoms with Gasteiger partial charge in [0.05, 0.1) is 0 Å². The zero-order chi connectivity index (χ0) is 18.6. The molecular weight excluding hydrogens is 451 g/mol. The topological polar surface area (TPSA) is 40.1 Å². The van der Waals surface area contributed by atoms with Crippen molar-refractivity contribution < 1.29 is 4.74 Å². The number of rotatable bonds is 9. The monoisotopic (exact) mass is 494 g/mol. The fraction of sp³-hybridized carbons (Fsp3) is 0.952. The quantitative estimate of drug-likeness (QED) is 0.228. The molecule has 0 bridgehead atoms. The van der Waals surface area contributed by atoms with Crippen LogP contribution in [0.3, 0.4) is 0 Å². The molecule has 0 aromatic heterocycles. The molecule has 0 radical (unpaired) electrons. The van der Waals surface area contributed by atoms with Gasteiger partial charge in [-0.1, -0.05) is 6.42 Å². The van der Waals surface area contributed by atoms with Crippen molar-refractivity contribution in [1.82, 2.24) is 15.1 Å². The summed E-state index contributed by atoms with van der Waals surface area (Å²) < 4.78 is 5.47. The molecule has 0 aliphatic carbocycles. The van der Waals surface area contributed by atoms with Gasteiger partial charge in [0.1, 0.15) is 0 Å². The molecule has 1 unspecified atom stereocenters. The van der Waals surface area contributed by atoms with Crippen molar-refractivity contribution >= 4 is 29.9 Å². The highest BCUT2D eigenvalue weighted by Crippen LogP contribution is 2.18. The Morgan fingerprint density at radius 1 is 1.19 bits per heavy atom. The minimum atomic E-state index is 0. The van der Waals surface area contributed by atoms with Crippen molar-refractivity contribution in [1.29, 1.82) is 0 Å². The third-order valence-electron chi connectivity index (χ3n) is 5.97. The maximum atomic E-state index is 5.47. The molecule has 1 atom stereocenters. The maximum Gasteiger partial charge on any atom is 0.193 e. The molecule has 2 saturated heterocycles. The lowest BCUT2D eigenvalue weighted by Crippen LogP contribution is -2.40. The molecule has 0 spiro atoms. The summed E-state index contributed by atoms with van der Waals surface area (Å²) in [6.45, 7) is 11.9.